The van der Waals surface area contributed by atoms with Gasteiger partial charge in [0.15, 0.2) is 5.82 Å². The Kier molecular flexibility index (Phi) is 4.02. The summed E-state index contributed by atoms with van der Waals surface area (Å²) in [7, 11) is 2.17. The number of nitrogens with two attached hydrogens (primary N) is 1. The fourth-order valence-corrected chi connectivity index (χ4v) is 3.37. The number of rotatable bonds is 3. The largest absolute Gasteiger partial charge is 0.491 e. The third-order valence-corrected chi connectivity index (χ3v) is 4.87. The molecule has 0 bridgehead atoms. The summed E-state index contributed by atoms with van der Waals surface area (Å²) in [6.45, 7) is 3.09. The van der Waals surface area contributed by atoms with Gasteiger partial charge in [-0.05, 0) is 73.6 Å². The topological polar surface area (TPSA) is 67.2 Å². The Morgan fingerprint density at radius 2 is 2.20 bits per heavy atom. The summed E-state index contributed by atoms with van der Waals surface area (Å²) in [5.74, 6) is 2.03. The van der Waals surface area contributed by atoms with Gasteiger partial charge < -0.3 is 15.4 Å². The fraction of sp³-hybridized carbons (Fsp3) is 0.500. The number of benzene rings is 1. The van der Waals surface area contributed by atoms with E-state index >= 15 is 0 Å². The zero-order valence-corrected chi connectivity index (χ0v) is 13.7. The second-order valence-electron chi connectivity index (χ2n) is 5.46. The van der Waals surface area contributed by atoms with Gasteiger partial charge in [-0.1, -0.05) is 0 Å². The summed E-state index contributed by atoms with van der Waals surface area (Å²) >= 11 is 2.27. The molecule has 0 aliphatic carbocycles. The number of ether oxygens (including phenoxy) is 1. The molecule has 6 heteroatoms. The molecule has 2 heterocycles. The highest BCUT2D eigenvalue weighted by Crippen LogP contribution is 2.32. The molecule has 0 atom stereocenters. The van der Waals surface area contributed by atoms with E-state index in [2.05, 4.69) is 44.7 Å². The van der Waals surface area contributed by atoms with Gasteiger partial charge >= 0.3 is 0 Å². The first kappa shape index (κ1) is 13.9. The molecule has 0 radical (unpaired) electrons. The van der Waals surface area contributed by atoms with Crippen LogP contribution in [-0.2, 0) is 0 Å². The summed E-state index contributed by atoms with van der Waals surface area (Å²) in [6, 6.07) is 4.02. The molecule has 1 aromatic heterocycles. The molecule has 0 unspecified atom stereocenters. The minimum Gasteiger partial charge on any atom is -0.491 e. The number of nitrogens with one attached hydrogen (secondary N) is 1. The van der Waals surface area contributed by atoms with E-state index in [0.717, 1.165) is 39.9 Å². The highest BCUT2D eigenvalue weighted by molar-refractivity contribution is 14.1. The van der Waals surface area contributed by atoms with Crippen LogP contribution in [0.2, 0.25) is 0 Å². The van der Waals surface area contributed by atoms with Gasteiger partial charge in [-0.15, -0.1) is 0 Å². The molecule has 108 valence electrons. The SMILES string of the molecule is CN1CCC(COc2ccc(I)c3c(N)n[nH]c23)CC1. The summed E-state index contributed by atoms with van der Waals surface area (Å²) in [4.78, 5) is 2.37. The summed E-state index contributed by atoms with van der Waals surface area (Å²) in [5.41, 5.74) is 6.80. The van der Waals surface area contributed by atoms with Gasteiger partial charge in [-0.2, -0.15) is 5.10 Å². The number of piperidine rings is 1. The molecule has 20 heavy (non-hydrogen) atoms. The number of nitrogens with zero attached hydrogens (tertiary/aromatic N) is 2. The zero-order valence-electron chi connectivity index (χ0n) is 11.5. The molecule has 0 spiro atoms. The monoisotopic (exact) mass is 386 g/mol. The Hall–Kier alpha value is -1.02. The summed E-state index contributed by atoms with van der Waals surface area (Å²) < 4.78 is 7.11. The van der Waals surface area contributed by atoms with Gasteiger partial charge in [0.2, 0.25) is 0 Å². The lowest BCUT2D eigenvalue weighted by Crippen LogP contribution is -2.32. The van der Waals surface area contributed by atoms with Crippen LogP contribution in [-0.4, -0.2) is 41.8 Å². The Morgan fingerprint density at radius 3 is 2.95 bits per heavy atom. The number of likely N-dealkylation sites (tertiary alicyclic amines) is 1. The number of aromatic amines is 1. The van der Waals surface area contributed by atoms with Gasteiger partial charge in [-0.3, -0.25) is 5.10 Å². The van der Waals surface area contributed by atoms with E-state index in [-0.39, 0.29) is 0 Å². The van der Waals surface area contributed by atoms with Crippen molar-refractivity contribution in [2.45, 2.75) is 12.8 Å². The third kappa shape index (κ3) is 2.71. The van der Waals surface area contributed by atoms with Crippen molar-refractivity contribution in [3.8, 4) is 5.75 Å². The molecule has 3 rings (SSSR count). The normalized spacial score (nSPS) is 17.7. The van der Waals surface area contributed by atoms with Gasteiger partial charge in [0.25, 0.3) is 0 Å². The molecule has 5 nitrogen and oxygen atoms in total. The standard InChI is InChI=1S/C14H19IN4O/c1-19-6-4-9(5-7-19)8-20-11-3-2-10(15)12-13(11)17-18-14(12)16/h2-3,9H,4-8H2,1H3,(H3,16,17,18). The highest BCUT2D eigenvalue weighted by Gasteiger charge is 2.18. The van der Waals surface area contributed by atoms with E-state index < -0.39 is 0 Å². The molecule has 1 aliphatic rings. The number of halogens is 1. The maximum Gasteiger partial charge on any atom is 0.154 e. The predicted octanol–water partition coefficient (Wildman–Crippen LogP) is 2.47. The molecule has 0 amide bonds. The first-order valence-electron chi connectivity index (χ1n) is 6.88. The van der Waals surface area contributed by atoms with E-state index in [4.69, 9.17) is 10.5 Å². The molecule has 1 aromatic carbocycles. The van der Waals surface area contributed by atoms with Crippen molar-refractivity contribution >= 4 is 39.3 Å². The number of aromatic nitrogens is 2. The first-order chi connectivity index (χ1) is 9.65. The lowest BCUT2D eigenvalue weighted by atomic mass is 9.98. The number of H-pyrrole nitrogens is 1. The number of anilines is 1. The van der Waals surface area contributed by atoms with Crippen LogP contribution in [0, 0.1) is 9.49 Å². The second kappa shape index (κ2) is 5.77. The maximum absolute atomic E-state index is 6.01. The second-order valence-corrected chi connectivity index (χ2v) is 6.62. The first-order valence-corrected chi connectivity index (χ1v) is 7.96. The summed E-state index contributed by atoms with van der Waals surface area (Å²) in [6.07, 6.45) is 2.41. The van der Waals surface area contributed by atoms with Gasteiger partial charge in [0, 0.05) is 3.57 Å². The van der Waals surface area contributed by atoms with Crippen LogP contribution in [0.25, 0.3) is 10.9 Å². The van der Waals surface area contributed by atoms with Crippen molar-refractivity contribution in [1.29, 1.82) is 0 Å². The van der Waals surface area contributed by atoms with Crippen LogP contribution in [0.1, 0.15) is 12.8 Å². The van der Waals surface area contributed by atoms with Crippen LogP contribution < -0.4 is 10.5 Å². The average Bonchev–Trinajstić information content (AvgIpc) is 2.83. The van der Waals surface area contributed by atoms with E-state index in [1.54, 1.807) is 0 Å². The molecule has 1 aliphatic heterocycles. The molecular formula is C14H19IN4O. The van der Waals surface area contributed by atoms with Crippen LogP contribution in [0.3, 0.4) is 0 Å². The minimum absolute atomic E-state index is 0.536. The van der Waals surface area contributed by atoms with Crippen LogP contribution >= 0.6 is 22.6 Å². The number of hydrogen-bond donors (Lipinski definition) is 2. The lowest BCUT2D eigenvalue weighted by molar-refractivity contribution is 0.161. The molecule has 2 aromatic rings. The molecule has 0 saturated carbocycles. The zero-order chi connectivity index (χ0) is 14.1. The van der Waals surface area contributed by atoms with Gasteiger partial charge in [0.05, 0.1) is 12.0 Å². The van der Waals surface area contributed by atoms with Crippen LogP contribution in [0.15, 0.2) is 12.1 Å². The Labute approximate surface area is 132 Å². The van der Waals surface area contributed by atoms with Crippen LogP contribution in [0.5, 0.6) is 5.75 Å². The van der Waals surface area contributed by atoms with Crippen molar-refractivity contribution in [2.24, 2.45) is 5.92 Å². The van der Waals surface area contributed by atoms with Crippen molar-refractivity contribution in [3.63, 3.8) is 0 Å². The molecule has 3 N–H and O–H groups in total. The van der Waals surface area contributed by atoms with Gasteiger partial charge in [0.1, 0.15) is 11.3 Å². The molecule has 1 fully saturated rings. The number of hydrogen-bond acceptors (Lipinski definition) is 4. The Morgan fingerprint density at radius 1 is 1.45 bits per heavy atom. The maximum atomic E-state index is 6.01. The van der Waals surface area contributed by atoms with Crippen molar-refractivity contribution < 1.29 is 4.74 Å². The predicted molar refractivity (Wildman–Crippen MR) is 88.9 cm³/mol. The van der Waals surface area contributed by atoms with Crippen LogP contribution in [0.4, 0.5) is 5.82 Å². The highest BCUT2D eigenvalue weighted by atomic mass is 127. The lowest BCUT2D eigenvalue weighted by Gasteiger charge is -2.28. The number of fused-ring (bicyclic) bond motifs is 1. The van der Waals surface area contributed by atoms with Crippen molar-refractivity contribution in [3.05, 3.63) is 15.7 Å². The fourth-order valence-electron chi connectivity index (χ4n) is 2.65. The average molecular weight is 386 g/mol. The smallest absolute Gasteiger partial charge is 0.154 e. The van der Waals surface area contributed by atoms with Crippen molar-refractivity contribution in [2.75, 3.05) is 32.5 Å². The Bertz CT molecular complexity index is 604. The molecular weight excluding hydrogens is 367 g/mol. The quantitative estimate of drug-likeness (QED) is 0.796. The van der Waals surface area contributed by atoms with E-state index in [1.807, 2.05) is 12.1 Å². The Balaban J connectivity index is 1.73. The van der Waals surface area contributed by atoms with E-state index in [1.165, 1.54) is 12.8 Å². The van der Waals surface area contributed by atoms with Crippen molar-refractivity contribution in [1.82, 2.24) is 15.1 Å². The molecule has 1 saturated heterocycles. The van der Waals surface area contributed by atoms with Gasteiger partial charge in [-0.25, -0.2) is 0 Å². The number of nitrogen functional groups attached to an aromatic ring is 1. The minimum atomic E-state index is 0.536. The summed E-state index contributed by atoms with van der Waals surface area (Å²) in [5, 5.41) is 8.03. The van der Waals surface area contributed by atoms with E-state index in [0.29, 0.717) is 11.7 Å². The van der Waals surface area contributed by atoms with E-state index in [9.17, 15) is 0 Å². The third-order valence-electron chi connectivity index (χ3n) is 3.97.